The molecule has 0 aliphatic carbocycles. The van der Waals surface area contributed by atoms with Crippen LogP contribution in [0, 0.1) is 0 Å². The van der Waals surface area contributed by atoms with E-state index in [0.29, 0.717) is 0 Å². The van der Waals surface area contributed by atoms with E-state index in [-0.39, 0.29) is 52.0 Å². The van der Waals surface area contributed by atoms with Crippen molar-refractivity contribution in [1.82, 2.24) is 0 Å². The van der Waals surface area contributed by atoms with Gasteiger partial charge in [-0.2, -0.15) is 0 Å². The van der Waals surface area contributed by atoms with Crippen LogP contribution in [0.25, 0.3) is 0 Å². The van der Waals surface area contributed by atoms with E-state index >= 15 is 0 Å². The van der Waals surface area contributed by atoms with E-state index in [4.69, 9.17) is 68.8 Å². The number of nitrogens with two attached hydrogens (primary N) is 12. The van der Waals surface area contributed by atoms with Gasteiger partial charge in [0.15, 0.2) is 0 Å². The molecule has 0 heterocycles. The fourth-order valence-corrected chi connectivity index (χ4v) is 0. The summed E-state index contributed by atoms with van der Waals surface area (Å²) in [5, 5.41) is 0. The van der Waals surface area contributed by atoms with Crippen molar-refractivity contribution in [3.05, 3.63) is 34.9 Å². The predicted octanol–water partition coefficient (Wildman–Crippen LogP) is -6.16. The van der Waals surface area contributed by atoms with E-state index < -0.39 is 0 Å². The Morgan fingerprint density at radius 1 is 0.263 bits per heavy atom. The third-order valence-corrected chi connectivity index (χ3v) is 1.00. The van der Waals surface area contributed by atoms with Crippen LogP contribution in [-0.4, -0.2) is 0 Å². The molecule has 13 heteroatoms. The van der Waals surface area contributed by atoms with Crippen LogP contribution in [0.1, 0.15) is 0 Å². The molecule has 0 aromatic heterocycles. The van der Waals surface area contributed by atoms with Gasteiger partial charge in [0, 0.05) is 17.1 Å². The van der Waals surface area contributed by atoms with Gasteiger partial charge in [0.25, 0.3) is 0 Å². The Morgan fingerprint density at radius 3 is 0.316 bits per heavy atom. The van der Waals surface area contributed by atoms with Crippen molar-refractivity contribution in [2.45, 2.75) is 0 Å². The number of rotatable bonds is 0. The van der Waals surface area contributed by atoms with Crippen molar-refractivity contribution in [2.24, 2.45) is 68.8 Å². The normalized spacial score (nSPS) is 6.95. The van der Waals surface area contributed by atoms with Crippen molar-refractivity contribution in [3.63, 3.8) is 0 Å². The minimum absolute atomic E-state index is 0. The minimum atomic E-state index is -0.0185. The van der Waals surface area contributed by atoms with Gasteiger partial charge in [-0.15, -0.1) is 0 Å². The Bertz CT molecular complexity index is 225. The first kappa shape index (κ1) is 25.3. The van der Waals surface area contributed by atoms with Crippen LogP contribution >= 0.6 is 0 Å². The first-order valence-corrected chi connectivity index (χ1v) is 4.21. The Labute approximate surface area is 121 Å². The van der Waals surface area contributed by atoms with Crippen molar-refractivity contribution in [2.75, 3.05) is 0 Å². The summed E-state index contributed by atoms with van der Waals surface area (Å²) < 4.78 is 0. The zero-order valence-electron chi connectivity index (χ0n) is 10.3. The monoisotopic (exact) mass is 320 g/mol. The molecule has 0 unspecified atom stereocenters. The summed E-state index contributed by atoms with van der Waals surface area (Å²) in [6, 6.07) is 0. The van der Waals surface area contributed by atoms with E-state index in [1.807, 2.05) is 0 Å². The van der Waals surface area contributed by atoms with Crippen LogP contribution in [0.3, 0.4) is 0 Å². The van der Waals surface area contributed by atoms with E-state index in [2.05, 4.69) is 0 Å². The summed E-state index contributed by atoms with van der Waals surface area (Å²) in [5.41, 5.74) is 58.1. The van der Waals surface area contributed by atoms with E-state index in [0.717, 1.165) is 0 Å². The van der Waals surface area contributed by atoms with Crippen molar-refractivity contribution < 1.29 is 17.1 Å². The molecule has 0 aromatic rings. The summed E-state index contributed by atoms with van der Waals surface area (Å²) in [6.45, 7) is 0. The fraction of sp³-hybridized carbons (Fsp3) is 0. The molecule has 24 N–H and O–H groups in total. The van der Waals surface area contributed by atoms with Gasteiger partial charge in [-0.1, -0.05) is 0 Å². The van der Waals surface area contributed by atoms with Crippen LogP contribution in [0.5, 0.6) is 0 Å². The number of hydrogen-bond acceptors (Lipinski definition) is 12. The van der Waals surface area contributed by atoms with Crippen LogP contribution in [-0.2, 0) is 17.1 Å². The van der Waals surface area contributed by atoms with Crippen LogP contribution in [0.15, 0.2) is 34.9 Å². The van der Waals surface area contributed by atoms with Crippen LogP contribution in [0.2, 0.25) is 0 Å². The van der Waals surface area contributed by atoms with Gasteiger partial charge in [-0.25, -0.2) is 0 Å². The summed E-state index contributed by atoms with van der Waals surface area (Å²) >= 11 is 0. The zero-order chi connectivity index (χ0) is 15.5. The summed E-state index contributed by atoms with van der Waals surface area (Å²) in [7, 11) is 0. The van der Waals surface area contributed by atoms with Gasteiger partial charge < -0.3 is 68.8 Å². The summed E-state index contributed by atoms with van der Waals surface area (Å²) in [4.78, 5) is 0. The molecule has 0 rings (SSSR count). The van der Waals surface area contributed by atoms with E-state index in [1.165, 1.54) is 0 Å². The van der Waals surface area contributed by atoms with Gasteiger partial charge in [-0.3, -0.25) is 0 Å². The molecule has 0 amide bonds. The Balaban J connectivity index is -0.0000000865. The second kappa shape index (κ2) is 13.4. The Morgan fingerprint density at radius 2 is 0.316 bits per heavy atom. The molecule has 0 aliphatic heterocycles. The number of hydrogen-bond donors (Lipinski definition) is 12. The molecule has 0 bridgehead atoms. The molecular weight excluding hydrogens is 296 g/mol. The molecule has 116 valence electrons. The average Bonchev–Trinajstić information content (AvgIpc) is 2.18. The molecule has 0 atom stereocenters. The summed E-state index contributed by atoms with van der Waals surface area (Å²) in [6.07, 6.45) is 0. The quantitative estimate of drug-likeness (QED) is 0.185. The second-order valence-corrected chi connectivity index (χ2v) is 2.73. The molecule has 19 heavy (non-hydrogen) atoms. The van der Waals surface area contributed by atoms with Gasteiger partial charge in [0.05, 0.1) is 0 Å². The molecule has 0 saturated heterocycles. The average molecular weight is 320 g/mol. The molecule has 0 fully saturated rings. The maximum atomic E-state index is 4.84. The maximum Gasteiger partial charge on any atom is 0.134 e. The first-order chi connectivity index (χ1) is 7.93. The Hall–Kier alpha value is -2.66. The van der Waals surface area contributed by atoms with E-state index in [9.17, 15) is 0 Å². The standard InChI is InChI=1S/3C2H8N4.Fe/c3*3-1(4)2(5)6;/h3*3-6H2;. The van der Waals surface area contributed by atoms with Crippen molar-refractivity contribution in [1.29, 1.82) is 0 Å². The minimum Gasteiger partial charge on any atom is -0.383 e. The second-order valence-electron chi connectivity index (χ2n) is 2.73. The van der Waals surface area contributed by atoms with Crippen molar-refractivity contribution in [3.8, 4) is 0 Å². The van der Waals surface area contributed by atoms with E-state index in [1.54, 1.807) is 0 Å². The third-order valence-electron chi connectivity index (χ3n) is 1.00. The largest absolute Gasteiger partial charge is 0.383 e. The topological polar surface area (TPSA) is 312 Å². The van der Waals surface area contributed by atoms with Gasteiger partial charge in [-0.05, 0) is 0 Å². The Kier molecular flexibility index (Phi) is 17.8. The van der Waals surface area contributed by atoms with Gasteiger partial charge in [0.1, 0.15) is 34.9 Å². The molecule has 0 saturated carbocycles. The molecule has 0 radical (unpaired) electrons. The first-order valence-electron chi connectivity index (χ1n) is 4.21. The van der Waals surface area contributed by atoms with Crippen LogP contribution < -0.4 is 68.8 Å². The molecule has 12 nitrogen and oxygen atoms in total. The van der Waals surface area contributed by atoms with Crippen LogP contribution in [0.4, 0.5) is 0 Å². The SMILES string of the molecule is NC(N)=C(N)N.NC(N)=C(N)N.NC(N)=C(N)N.[Fe]. The van der Waals surface area contributed by atoms with Crippen molar-refractivity contribution >= 4 is 0 Å². The molecular formula is C6H24FeN12. The third kappa shape index (κ3) is 31.3. The maximum absolute atomic E-state index is 4.84. The van der Waals surface area contributed by atoms with Gasteiger partial charge in [0.2, 0.25) is 0 Å². The fourth-order valence-electron chi connectivity index (χ4n) is 0. The zero-order valence-corrected chi connectivity index (χ0v) is 11.4. The molecule has 0 spiro atoms. The molecule has 0 aromatic carbocycles. The summed E-state index contributed by atoms with van der Waals surface area (Å²) in [5.74, 6) is -0.111. The predicted molar refractivity (Wildman–Crippen MR) is 71.3 cm³/mol. The van der Waals surface area contributed by atoms with Gasteiger partial charge >= 0.3 is 0 Å². The molecule has 0 aliphatic rings. The smallest absolute Gasteiger partial charge is 0.134 e.